The standard InChI is InChI=1S/C15H15ClO3/c16-12-17-10-11-18-13-6-8-15(9-7-13)19-14-4-2-1-3-5-14/h1-9H,10-12H2. The summed E-state index contributed by atoms with van der Waals surface area (Å²) in [5.74, 6) is 2.36. The molecular weight excluding hydrogens is 264 g/mol. The molecule has 100 valence electrons. The molecule has 2 aromatic carbocycles. The lowest BCUT2D eigenvalue weighted by molar-refractivity contribution is 0.133. The molecule has 4 heteroatoms. The second-order valence-corrected chi connectivity index (χ2v) is 3.97. The van der Waals surface area contributed by atoms with Crippen molar-refractivity contribution in [1.82, 2.24) is 0 Å². The van der Waals surface area contributed by atoms with Crippen LogP contribution in [0, 0.1) is 0 Å². The van der Waals surface area contributed by atoms with Crippen molar-refractivity contribution < 1.29 is 14.2 Å². The quantitative estimate of drug-likeness (QED) is 0.564. The number of ether oxygens (including phenoxy) is 3. The lowest BCUT2D eigenvalue weighted by Crippen LogP contribution is -2.05. The van der Waals surface area contributed by atoms with Crippen molar-refractivity contribution in [3.05, 3.63) is 54.6 Å². The molecule has 0 amide bonds. The Balaban J connectivity index is 1.84. The number of halogens is 1. The third-order valence-electron chi connectivity index (χ3n) is 2.38. The van der Waals surface area contributed by atoms with E-state index in [2.05, 4.69) is 0 Å². The number of hydrogen-bond donors (Lipinski definition) is 0. The van der Waals surface area contributed by atoms with E-state index >= 15 is 0 Å². The molecule has 0 unspecified atom stereocenters. The van der Waals surface area contributed by atoms with Gasteiger partial charge in [0.05, 0.1) is 6.61 Å². The maximum Gasteiger partial charge on any atom is 0.127 e. The Morgan fingerprint density at radius 1 is 0.737 bits per heavy atom. The van der Waals surface area contributed by atoms with Gasteiger partial charge in [0, 0.05) is 0 Å². The third-order valence-corrected chi connectivity index (χ3v) is 2.53. The van der Waals surface area contributed by atoms with E-state index in [-0.39, 0.29) is 6.07 Å². The minimum atomic E-state index is 0.188. The monoisotopic (exact) mass is 278 g/mol. The van der Waals surface area contributed by atoms with Crippen LogP contribution >= 0.6 is 11.6 Å². The molecule has 0 saturated carbocycles. The van der Waals surface area contributed by atoms with E-state index in [0.717, 1.165) is 17.2 Å². The van der Waals surface area contributed by atoms with Crippen LogP contribution in [-0.4, -0.2) is 19.3 Å². The van der Waals surface area contributed by atoms with Crippen LogP contribution in [-0.2, 0) is 4.74 Å². The van der Waals surface area contributed by atoms with E-state index in [1.54, 1.807) is 0 Å². The summed E-state index contributed by atoms with van der Waals surface area (Å²) in [6.45, 7) is 0.956. The average molecular weight is 279 g/mol. The highest BCUT2D eigenvalue weighted by Gasteiger charge is 1.98. The van der Waals surface area contributed by atoms with E-state index in [1.807, 2.05) is 54.6 Å². The van der Waals surface area contributed by atoms with Crippen LogP contribution in [0.4, 0.5) is 0 Å². The van der Waals surface area contributed by atoms with Gasteiger partial charge in [0.15, 0.2) is 0 Å². The average Bonchev–Trinajstić information content (AvgIpc) is 2.46. The Hall–Kier alpha value is -1.71. The van der Waals surface area contributed by atoms with Crippen molar-refractivity contribution in [2.75, 3.05) is 19.3 Å². The first-order chi connectivity index (χ1) is 9.38. The highest BCUT2D eigenvalue weighted by atomic mass is 35.5. The molecule has 2 aromatic rings. The molecule has 0 aliphatic carbocycles. The molecular formula is C15H15ClO3. The van der Waals surface area contributed by atoms with Gasteiger partial charge in [-0.05, 0) is 36.4 Å². The maximum absolute atomic E-state index is 5.68. The number of alkyl halides is 1. The zero-order chi connectivity index (χ0) is 13.3. The van der Waals surface area contributed by atoms with E-state index in [4.69, 9.17) is 25.8 Å². The van der Waals surface area contributed by atoms with Crippen molar-refractivity contribution in [2.24, 2.45) is 0 Å². The zero-order valence-corrected chi connectivity index (χ0v) is 11.2. The maximum atomic E-state index is 5.68. The molecule has 0 heterocycles. The summed E-state index contributed by atoms with van der Waals surface area (Å²) in [6, 6.07) is 17.3. The number of hydrogen-bond acceptors (Lipinski definition) is 3. The van der Waals surface area contributed by atoms with Crippen molar-refractivity contribution >= 4 is 11.6 Å². The minimum absolute atomic E-state index is 0.188. The Kier molecular flexibility index (Phi) is 5.53. The van der Waals surface area contributed by atoms with Gasteiger partial charge in [-0.2, -0.15) is 0 Å². The van der Waals surface area contributed by atoms with Crippen LogP contribution in [0.25, 0.3) is 0 Å². The summed E-state index contributed by atoms with van der Waals surface area (Å²) in [7, 11) is 0. The van der Waals surface area contributed by atoms with Crippen LogP contribution < -0.4 is 9.47 Å². The second kappa shape index (κ2) is 7.67. The topological polar surface area (TPSA) is 27.7 Å². The van der Waals surface area contributed by atoms with Gasteiger partial charge >= 0.3 is 0 Å². The van der Waals surface area contributed by atoms with Gasteiger partial charge in [0.25, 0.3) is 0 Å². The fourth-order valence-electron chi connectivity index (χ4n) is 1.50. The van der Waals surface area contributed by atoms with E-state index in [9.17, 15) is 0 Å². The smallest absolute Gasteiger partial charge is 0.127 e. The largest absolute Gasteiger partial charge is 0.491 e. The van der Waals surface area contributed by atoms with Crippen LogP contribution in [0.1, 0.15) is 0 Å². The van der Waals surface area contributed by atoms with Crippen LogP contribution in [0.3, 0.4) is 0 Å². The van der Waals surface area contributed by atoms with Gasteiger partial charge in [-0.3, -0.25) is 0 Å². The highest BCUT2D eigenvalue weighted by Crippen LogP contribution is 2.23. The van der Waals surface area contributed by atoms with Crippen LogP contribution in [0.2, 0.25) is 0 Å². The number of benzene rings is 2. The number of rotatable bonds is 7. The molecule has 0 saturated heterocycles. The second-order valence-electron chi connectivity index (χ2n) is 3.75. The summed E-state index contributed by atoms with van der Waals surface area (Å²) < 4.78 is 16.1. The third kappa shape index (κ3) is 4.81. The molecule has 2 rings (SSSR count). The van der Waals surface area contributed by atoms with Gasteiger partial charge in [-0.15, -0.1) is 0 Å². The van der Waals surface area contributed by atoms with Gasteiger partial charge in [-0.1, -0.05) is 29.8 Å². The minimum Gasteiger partial charge on any atom is -0.491 e. The Labute approximate surface area is 117 Å². The SMILES string of the molecule is ClCOCCOc1ccc(Oc2ccccc2)cc1. The molecule has 0 fully saturated rings. The normalized spacial score (nSPS) is 10.2. The predicted octanol–water partition coefficient (Wildman–Crippen LogP) is 4.07. The Bertz CT molecular complexity index is 471. The molecule has 0 radical (unpaired) electrons. The van der Waals surface area contributed by atoms with Crippen LogP contribution in [0.15, 0.2) is 54.6 Å². The van der Waals surface area contributed by atoms with Gasteiger partial charge in [0.1, 0.15) is 29.9 Å². The first kappa shape index (κ1) is 13.7. The molecule has 0 atom stereocenters. The summed E-state index contributed by atoms with van der Waals surface area (Å²) >= 11 is 5.39. The van der Waals surface area contributed by atoms with E-state index < -0.39 is 0 Å². The van der Waals surface area contributed by atoms with E-state index in [0.29, 0.717) is 13.2 Å². The predicted molar refractivity (Wildman–Crippen MR) is 75.1 cm³/mol. The first-order valence-corrected chi connectivity index (χ1v) is 6.51. The molecule has 0 N–H and O–H groups in total. The molecule has 3 nitrogen and oxygen atoms in total. The summed E-state index contributed by atoms with van der Waals surface area (Å²) in [4.78, 5) is 0. The van der Waals surface area contributed by atoms with Crippen LogP contribution in [0.5, 0.6) is 17.2 Å². The molecule has 19 heavy (non-hydrogen) atoms. The lowest BCUT2D eigenvalue weighted by atomic mass is 10.3. The first-order valence-electron chi connectivity index (χ1n) is 5.98. The summed E-state index contributed by atoms with van der Waals surface area (Å²) in [5.41, 5.74) is 0. The summed E-state index contributed by atoms with van der Waals surface area (Å²) in [5, 5.41) is 0. The molecule has 0 spiro atoms. The fourth-order valence-corrected chi connectivity index (χ4v) is 1.61. The summed E-state index contributed by atoms with van der Waals surface area (Å²) in [6.07, 6.45) is 0. The molecule has 0 aliphatic heterocycles. The van der Waals surface area contributed by atoms with Crippen molar-refractivity contribution in [1.29, 1.82) is 0 Å². The van der Waals surface area contributed by atoms with E-state index in [1.165, 1.54) is 0 Å². The van der Waals surface area contributed by atoms with Gasteiger partial charge in [-0.25, -0.2) is 0 Å². The fraction of sp³-hybridized carbons (Fsp3) is 0.200. The number of para-hydroxylation sites is 1. The van der Waals surface area contributed by atoms with Crippen molar-refractivity contribution in [3.63, 3.8) is 0 Å². The molecule has 0 aromatic heterocycles. The van der Waals surface area contributed by atoms with Gasteiger partial charge < -0.3 is 14.2 Å². The Morgan fingerprint density at radius 3 is 2.05 bits per heavy atom. The highest BCUT2D eigenvalue weighted by molar-refractivity contribution is 6.17. The lowest BCUT2D eigenvalue weighted by Gasteiger charge is -2.08. The zero-order valence-electron chi connectivity index (χ0n) is 10.4. The van der Waals surface area contributed by atoms with Gasteiger partial charge in [0.2, 0.25) is 0 Å². The van der Waals surface area contributed by atoms with Crippen molar-refractivity contribution in [3.8, 4) is 17.2 Å². The molecule has 0 bridgehead atoms. The Morgan fingerprint density at radius 2 is 1.37 bits per heavy atom. The van der Waals surface area contributed by atoms with Crippen molar-refractivity contribution in [2.45, 2.75) is 0 Å². The molecule has 0 aliphatic rings.